The van der Waals surface area contributed by atoms with E-state index in [1.54, 1.807) is 11.3 Å². The summed E-state index contributed by atoms with van der Waals surface area (Å²) >= 11 is 1.72. The summed E-state index contributed by atoms with van der Waals surface area (Å²) < 4.78 is 0. The minimum Gasteiger partial charge on any atom is -0.144 e. The average Bonchev–Trinajstić information content (AvgIpc) is 2.58. The maximum absolute atomic E-state index is 3.15. The van der Waals surface area contributed by atoms with Crippen molar-refractivity contribution in [3.8, 4) is 10.4 Å². The molecule has 0 saturated carbocycles. The van der Waals surface area contributed by atoms with E-state index in [1.165, 1.54) is 4.88 Å². The lowest BCUT2D eigenvalue weighted by Gasteiger charge is -1.92. The molecule has 0 spiro atoms. The third-order valence-corrected chi connectivity index (χ3v) is 2.34. The van der Waals surface area contributed by atoms with E-state index in [4.69, 9.17) is 0 Å². The highest BCUT2D eigenvalue weighted by Crippen LogP contribution is 2.22. The van der Waals surface area contributed by atoms with Gasteiger partial charge in [-0.25, -0.2) is 0 Å². The lowest BCUT2D eigenvalue weighted by molar-refractivity contribution is 1.67. The van der Waals surface area contributed by atoms with Crippen LogP contribution in [0, 0.1) is 12.1 Å². The molecule has 1 heteroatoms. The fourth-order valence-corrected chi connectivity index (χ4v) is 1.63. The average molecular weight is 158 g/mol. The summed E-state index contributed by atoms with van der Waals surface area (Å²) in [7, 11) is 0. The molecule has 2 radical (unpaired) electrons. The molecule has 0 fully saturated rings. The second-order valence-electron chi connectivity index (χ2n) is 2.18. The first-order valence-electron chi connectivity index (χ1n) is 3.38. The zero-order valence-electron chi connectivity index (χ0n) is 5.87. The van der Waals surface area contributed by atoms with Crippen LogP contribution in [0.15, 0.2) is 35.7 Å². The summed E-state index contributed by atoms with van der Waals surface area (Å²) in [6.45, 7) is 0. The molecule has 2 aromatic rings. The molecular formula is C10H6S. The van der Waals surface area contributed by atoms with Crippen molar-refractivity contribution in [1.82, 2.24) is 0 Å². The molecule has 1 aromatic carbocycles. The Morgan fingerprint density at radius 3 is 2.91 bits per heavy atom. The highest BCUT2D eigenvalue weighted by molar-refractivity contribution is 7.13. The van der Waals surface area contributed by atoms with Crippen LogP contribution in [-0.4, -0.2) is 0 Å². The van der Waals surface area contributed by atoms with Gasteiger partial charge in [0.05, 0.1) is 0 Å². The van der Waals surface area contributed by atoms with Gasteiger partial charge in [-0.3, -0.25) is 0 Å². The van der Waals surface area contributed by atoms with E-state index < -0.39 is 0 Å². The van der Waals surface area contributed by atoms with Crippen LogP contribution in [0.1, 0.15) is 0 Å². The van der Waals surface area contributed by atoms with E-state index in [-0.39, 0.29) is 0 Å². The van der Waals surface area contributed by atoms with Crippen molar-refractivity contribution in [1.29, 1.82) is 0 Å². The van der Waals surface area contributed by atoms with Crippen LogP contribution in [-0.2, 0) is 0 Å². The Labute approximate surface area is 70.1 Å². The molecule has 0 aliphatic rings. The number of hydrogen-bond acceptors (Lipinski definition) is 1. The van der Waals surface area contributed by atoms with Gasteiger partial charge in [0, 0.05) is 10.4 Å². The minimum atomic E-state index is 1.13. The third-order valence-electron chi connectivity index (χ3n) is 1.43. The Morgan fingerprint density at radius 1 is 1.27 bits per heavy atom. The van der Waals surface area contributed by atoms with Crippen LogP contribution < -0.4 is 0 Å². The minimum absolute atomic E-state index is 1.13. The van der Waals surface area contributed by atoms with E-state index in [9.17, 15) is 0 Å². The number of rotatable bonds is 1. The summed E-state index contributed by atoms with van der Waals surface area (Å²) in [5.74, 6) is 0. The van der Waals surface area contributed by atoms with Crippen LogP contribution in [0.25, 0.3) is 10.4 Å². The molecule has 11 heavy (non-hydrogen) atoms. The van der Waals surface area contributed by atoms with Gasteiger partial charge in [-0.05, 0) is 29.6 Å². The van der Waals surface area contributed by atoms with E-state index in [2.05, 4.69) is 23.6 Å². The lowest BCUT2D eigenvalue weighted by Crippen LogP contribution is -1.68. The van der Waals surface area contributed by atoms with Crippen molar-refractivity contribution < 1.29 is 0 Å². The van der Waals surface area contributed by atoms with Crippen molar-refractivity contribution in [3.63, 3.8) is 0 Å². The Hall–Kier alpha value is -1.08. The van der Waals surface area contributed by atoms with Gasteiger partial charge in [0.15, 0.2) is 0 Å². The molecular weight excluding hydrogens is 152 g/mol. The van der Waals surface area contributed by atoms with Crippen molar-refractivity contribution in [2.75, 3.05) is 0 Å². The zero-order chi connectivity index (χ0) is 7.52. The number of benzene rings is 1. The normalized spacial score (nSPS) is 9.82. The summed E-state index contributed by atoms with van der Waals surface area (Å²) in [5.41, 5.74) is 1.13. The van der Waals surface area contributed by atoms with E-state index in [1.807, 2.05) is 24.3 Å². The van der Waals surface area contributed by atoms with Gasteiger partial charge in [-0.1, -0.05) is 18.2 Å². The fraction of sp³-hybridized carbons (Fsp3) is 0. The smallest absolute Gasteiger partial charge is 0.0349 e. The maximum atomic E-state index is 3.15. The monoisotopic (exact) mass is 158 g/mol. The Morgan fingerprint density at radius 2 is 2.27 bits per heavy atom. The molecule has 0 unspecified atom stereocenters. The molecule has 1 heterocycles. The summed E-state index contributed by atoms with van der Waals surface area (Å²) in [4.78, 5) is 1.25. The Bertz CT molecular complexity index is 308. The molecule has 0 bridgehead atoms. The zero-order valence-corrected chi connectivity index (χ0v) is 6.69. The largest absolute Gasteiger partial charge is 0.144 e. The molecule has 0 nitrogen and oxygen atoms in total. The van der Waals surface area contributed by atoms with Crippen molar-refractivity contribution in [2.45, 2.75) is 0 Å². The van der Waals surface area contributed by atoms with Gasteiger partial charge in [-0.15, -0.1) is 11.3 Å². The molecule has 52 valence electrons. The number of thiophene rings is 1. The predicted molar refractivity (Wildman–Crippen MR) is 47.4 cm³/mol. The first-order chi connectivity index (χ1) is 5.47. The van der Waals surface area contributed by atoms with E-state index in [0.29, 0.717) is 0 Å². The second-order valence-corrected chi connectivity index (χ2v) is 3.13. The number of hydrogen-bond donors (Lipinski definition) is 0. The first-order valence-corrected chi connectivity index (χ1v) is 4.26. The van der Waals surface area contributed by atoms with Crippen molar-refractivity contribution in [2.24, 2.45) is 0 Å². The van der Waals surface area contributed by atoms with Gasteiger partial charge in [0.1, 0.15) is 0 Å². The molecule has 0 aliphatic heterocycles. The fourth-order valence-electron chi connectivity index (χ4n) is 0.927. The van der Waals surface area contributed by atoms with Gasteiger partial charge in [-0.2, -0.15) is 0 Å². The predicted octanol–water partition coefficient (Wildman–Crippen LogP) is 3.02. The summed E-state index contributed by atoms with van der Waals surface area (Å²) in [6, 6.07) is 16.0. The maximum Gasteiger partial charge on any atom is 0.0349 e. The van der Waals surface area contributed by atoms with Gasteiger partial charge in [0.2, 0.25) is 0 Å². The summed E-state index contributed by atoms with van der Waals surface area (Å²) in [5, 5.41) is 2.07. The Balaban J connectivity index is 2.46. The van der Waals surface area contributed by atoms with E-state index >= 15 is 0 Å². The van der Waals surface area contributed by atoms with Crippen LogP contribution in [0.2, 0.25) is 0 Å². The Kier molecular flexibility index (Phi) is 1.74. The lowest BCUT2D eigenvalue weighted by atomic mass is 10.2. The van der Waals surface area contributed by atoms with Gasteiger partial charge >= 0.3 is 0 Å². The van der Waals surface area contributed by atoms with Crippen molar-refractivity contribution >= 4 is 11.3 Å². The SMILES string of the molecule is [c]1cc[c]c(-c2cccs2)c1. The first kappa shape index (κ1) is 6.62. The highest BCUT2D eigenvalue weighted by atomic mass is 32.1. The summed E-state index contributed by atoms with van der Waals surface area (Å²) in [6.07, 6.45) is 0. The second kappa shape index (κ2) is 2.89. The standard InChI is InChI=1S/C10H6S/c1-2-5-9(6-3-1)10-7-4-8-11-10/h1-2,4,6-8H. The molecule has 0 N–H and O–H groups in total. The molecule has 1 aromatic heterocycles. The molecule has 2 rings (SSSR count). The highest BCUT2D eigenvalue weighted by Gasteiger charge is 1.94. The molecule has 0 amide bonds. The molecule has 0 atom stereocenters. The molecule has 0 aliphatic carbocycles. The van der Waals surface area contributed by atoms with E-state index in [0.717, 1.165) is 5.56 Å². The van der Waals surface area contributed by atoms with Crippen LogP contribution in [0.3, 0.4) is 0 Å². The van der Waals surface area contributed by atoms with Gasteiger partial charge < -0.3 is 0 Å². The third kappa shape index (κ3) is 1.33. The van der Waals surface area contributed by atoms with Gasteiger partial charge in [0.25, 0.3) is 0 Å². The van der Waals surface area contributed by atoms with Crippen LogP contribution in [0.5, 0.6) is 0 Å². The quantitative estimate of drug-likeness (QED) is 0.598. The topological polar surface area (TPSA) is 0 Å². The van der Waals surface area contributed by atoms with Crippen molar-refractivity contribution in [3.05, 3.63) is 47.8 Å². The van der Waals surface area contributed by atoms with Crippen LogP contribution in [0.4, 0.5) is 0 Å². The molecule has 0 saturated heterocycles. The van der Waals surface area contributed by atoms with Crippen LogP contribution >= 0.6 is 11.3 Å².